The summed E-state index contributed by atoms with van der Waals surface area (Å²) in [6.07, 6.45) is 0. The SMILES string of the molecule is Cc1nc(-c2ccc3c(c2)n(CC(=O)Nc2ccc(Br)cc2F)c(=O)n3C(C)C)no1. The predicted octanol–water partition coefficient (Wildman–Crippen LogP) is 4.28. The van der Waals surface area contributed by atoms with E-state index < -0.39 is 11.7 Å². The zero-order chi connectivity index (χ0) is 22.3. The van der Waals surface area contributed by atoms with Crippen molar-refractivity contribution < 1.29 is 13.7 Å². The van der Waals surface area contributed by atoms with Crippen molar-refractivity contribution in [3.05, 3.63) is 63.1 Å². The summed E-state index contributed by atoms with van der Waals surface area (Å²) in [5.41, 5.74) is 1.57. The number of hydrogen-bond donors (Lipinski definition) is 1. The molecular weight excluding hydrogens is 469 g/mol. The summed E-state index contributed by atoms with van der Waals surface area (Å²) in [5, 5.41) is 6.44. The smallest absolute Gasteiger partial charge is 0.329 e. The molecule has 2 heterocycles. The first kappa shape index (κ1) is 21.0. The third-order valence-corrected chi connectivity index (χ3v) is 5.27. The van der Waals surface area contributed by atoms with Crippen molar-refractivity contribution in [2.24, 2.45) is 0 Å². The van der Waals surface area contributed by atoms with Crippen LogP contribution in [0.3, 0.4) is 0 Å². The molecule has 4 aromatic rings. The lowest BCUT2D eigenvalue weighted by Crippen LogP contribution is -2.30. The van der Waals surface area contributed by atoms with Crippen LogP contribution in [0.25, 0.3) is 22.4 Å². The van der Waals surface area contributed by atoms with E-state index in [0.29, 0.717) is 32.8 Å². The van der Waals surface area contributed by atoms with E-state index in [1.807, 2.05) is 13.8 Å². The van der Waals surface area contributed by atoms with Gasteiger partial charge in [0.05, 0.1) is 16.7 Å². The van der Waals surface area contributed by atoms with Gasteiger partial charge in [-0.05, 0) is 50.2 Å². The van der Waals surface area contributed by atoms with E-state index >= 15 is 0 Å². The second-order valence-electron chi connectivity index (χ2n) is 7.35. The predicted molar refractivity (Wildman–Crippen MR) is 117 cm³/mol. The highest BCUT2D eigenvalue weighted by Crippen LogP contribution is 2.24. The van der Waals surface area contributed by atoms with Gasteiger partial charge in [0.25, 0.3) is 0 Å². The number of halogens is 2. The monoisotopic (exact) mass is 487 g/mol. The summed E-state index contributed by atoms with van der Waals surface area (Å²) >= 11 is 3.18. The highest BCUT2D eigenvalue weighted by molar-refractivity contribution is 9.10. The van der Waals surface area contributed by atoms with Crippen LogP contribution in [-0.2, 0) is 11.3 Å². The Bertz CT molecular complexity index is 1360. The summed E-state index contributed by atoms with van der Waals surface area (Å²) < 4.78 is 22.7. The number of imidazole rings is 1. The Hall–Kier alpha value is -3.27. The fraction of sp³-hybridized carbons (Fsp3) is 0.238. The van der Waals surface area contributed by atoms with E-state index in [1.54, 1.807) is 35.8 Å². The Balaban J connectivity index is 1.75. The van der Waals surface area contributed by atoms with E-state index in [-0.39, 0.29) is 24.0 Å². The Kier molecular flexibility index (Phi) is 5.48. The van der Waals surface area contributed by atoms with Gasteiger partial charge in [-0.3, -0.25) is 13.9 Å². The lowest BCUT2D eigenvalue weighted by Gasteiger charge is -2.08. The highest BCUT2D eigenvalue weighted by atomic mass is 79.9. The zero-order valence-electron chi connectivity index (χ0n) is 17.0. The third kappa shape index (κ3) is 4.02. The number of hydrogen-bond acceptors (Lipinski definition) is 5. The molecule has 0 aliphatic carbocycles. The van der Waals surface area contributed by atoms with Gasteiger partial charge in [-0.15, -0.1) is 0 Å². The number of carbonyl (C=O) groups excluding carboxylic acids is 1. The van der Waals surface area contributed by atoms with Crippen molar-refractivity contribution in [3.63, 3.8) is 0 Å². The largest absolute Gasteiger partial charge is 0.339 e. The maximum absolute atomic E-state index is 14.1. The quantitative estimate of drug-likeness (QED) is 0.453. The molecule has 2 aromatic carbocycles. The number of benzene rings is 2. The molecule has 0 aliphatic heterocycles. The van der Waals surface area contributed by atoms with Crippen molar-refractivity contribution in [3.8, 4) is 11.4 Å². The first-order valence-corrected chi connectivity index (χ1v) is 10.3. The number of aromatic nitrogens is 4. The number of nitrogens with one attached hydrogen (secondary N) is 1. The van der Waals surface area contributed by atoms with Crippen LogP contribution < -0.4 is 11.0 Å². The molecule has 31 heavy (non-hydrogen) atoms. The fourth-order valence-electron chi connectivity index (χ4n) is 3.41. The molecule has 0 unspecified atom stereocenters. The van der Waals surface area contributed by atoms with Crippen molar-refractivity contribution in [1.29, 1.82) is 0 Å². The number of nitrogens with zero attached hydrogens (tertiary/aromatic N) is 4. The molecule has 160 valence electrons. The van der Waals surface area contributed by atoms with Crippen LogP contribution in [0.2, 0.25) is 0 Å². The van der Waals surface area contributed by atoms with E-state index in [2.05, 4.69) is 31.4 Å². The molecule has 10 heteroatoms. The maximum atomic E-state index is 14.1. The molecule has 0 fully saturated rings. The zero-order valence-corrected chi connectivity index (χ0v) is 18.6. The molecular formula is C21H19BrFN5O3. The summed E-state index contributed by atoms with van der Waals surface area (Å²) in [7, 11) is 0. The number of amides is 1. The van der Waals surface area contributed by atoms with Gasteiger partial charge >= 0.3 is 5.69 Å². The fourth-order valence-corrected chi connectivity index (χ4v) is 3.74. The molecule has 0 saturated carbocycles. The molecule has 0 radical (unpaired) electrons. The van der Waals surface area contributed by atoms with Crippen LogP contribution in [0.1, 0.15) is 25.8 Å². The average molecular weight is 488 g/mol. The standard InChI is InChI=1S/C21H19BrFN5O3/c1-11(2)28-17-7-4-13(20-24-12(3)31-26-20)8-18(17)27(21(28)30)10-19(29)25-16-6-5-14(22)9-15(16)23/h4-9,11H,10H2,1-3H3,(H,25,29). The van der Waals surface area contributed by atoms with Crippen LogP contribution in [0.4, 0.5) is 10.1 Å². The topological polar surface area (TPSA) is 95.0 Å². The molecule has 0 saturated heterocycles. The van der Waals surface area contributed by atoms with Crippen molar-refractivity contribution >= 4 is 38.6 Å². The molecule has 0 atom stereocenters. The lowest BCUT2D eigenvalue weighted by atomic mass is 10.2. The van der Waals surface area contributed by atoms with Gasteiger partial charge in [0.1, 0.15) is 12.4 Å². The number of fused-ring (bicyclic) bond motifs is 1. The molecule has 0 spiro atoms. The van der Waals surface area contributed by atoms with Crippen LogP contribution in [0, 0.1) is 12.7 Å². The normalized spacial score (nSPS) is 11.4. The Morgan fingerprint density at radius 2 is 2.00 bits per heavy atom. The molecule has 2 aromatic heterocycles. The molecule has 8 nitrogen and oxygen atoms in total. The molecule has 0 aliphatic rings. The number of anilines is 1. The summed E-state index contributed by atoms with van der Waals surface area (Å²) in [4.78, 5) is 30.0. The van der Waals surface area contributed by atoms with Gasteiger partial charge in [0.15, 0.2) is 0 Å². The molecule has 1 amide bonds. The minimum Gasteiger partial charge on any atom is -0.339 e. The van der Waals surface area contributed by atoms with Crippen molar-refractivity contribution in [2.45, 2.75) is 33.4 Å². The van der Waals surface area contributed by atoms with Crippen molar-refractivity contribution in [1.82, 2.24) is 19.3 Å². The van der Waals surface area contributed by atoms with E-state index in [4.69, 9.17) is 4.52 Å². The molecule has 0 bridgehead atoms. The van der Waals surface area contributed by atoms with Crippen LogP contribution in [-0.4, -0.2) is 25.2 Å². The Morgan fingerprint density at radius 1 is 1.23 bits per heavy atom. The first-order chi connectivity index (χ1) is 14.7. The van der Waals surface area contributed by atoms with E-state index in [0.717, 1.165) is 0 Å². The molecule has 4 rings (SSSR count). The van der Waals surface area contributed by atoms with Gasteiger partial charge in [0, 0.05) is 23.0 Å². The van der Waals surface area contributed by atoms with E-state index in [9.17, 15) is 14.0 Å². The summed E-state index contributed by atoms with van der Waals surface area (Å²) in [6, 6.07) is 9.54. The third-order valence-electron chi connectivity index (χ3n) is 4.77. The number of aryl methyl sites for hydroxylation is 1. The minimum absolute atomic E-state index is 0.0387. The lowest BCUT2D eigenvalue weighted by molar-refractivity contribution is -0.116. The highest BCUT2D eigenvalue weighted by Gasteiger charge is 2.19. The van der Waals surface area contributed by atoms with Gasteiger partial charge in [-0.25, -0.2) is 9.18 Å². The molecule has 1 N–H and O–H groups in total. The first-order valence-electron chi connectivity index (χ1n) is 9.55. The minimum atomic E-state index is -0.575. The average Bonchev–Trinajstić information content (AvgIpc) is 3.25. The maximum Gasteiger partial charge on any atom is 0.329 e. The summed E-state index contributed by atoms with van der Waals surface area (Å²) in [5.74, 6) is -0.290. The van der Waals surface area contributed by atoms with Crippen LogP contribution >= 0.6 is 15.9 Å². The van der Waals surface area contributed by atoms with Gasteiger partial charge in [-0.1, -0.05) is 21.1 Å². The summed E-state index contributed by atoms with van der Waals surface area (Å²) in [6.45, 7) is 5.18. The van der Waals surface area contributed by atoms with Gasteiger partial charge in [0.2, 0.25) is 17.6 Å². The van der Waals surface area contributed by atoms with Gasteiger partial charge < -0.3 is 9.84 Å². The second-order valence-corrected chi connectivity index (χ2v) is 8.26. The van der Waals surface area contributed by atoms with Crippen LogP contribution in [0.15, 0.2) is 50.2 Å². The van der Waals surface area contributed by atoms with Gasteiger partial charge in [-0.2, -0.15) is 4.98 Å². The van der Waals surface area contributed by atoms with Crippen molar-refractivity contribution in [2.75, 3.05) is 5.32 Å². The van der Waals surface area contributed by atoms with E-state index in [1.165, 1.54) is 16.7 Å². The number of rotatable bonds is 5. The van der Waals surface area contributed by atoms with Crippen LogP contribution in [0.5, 0.6) is 0 Å². The Morgan fingerprint density at radius 3 is 2.65 bits per heavy atom. The number of carbonyl (C=O) groups is 1. The Labute approximate surface area is 184 Å². The second kappa shape index (κ2) is 8.10.